The lowest BCUT2D eigenvalue weighted by Gasteiger charge is -2.44. The van der Waals surface area contributed by atoms with Gasteiger partial charge in [0.25, 0.3) is 0 Å². The van der Waals surface area contributed by atoms with Gasteiger partial charge in [-0.1, -0.05) is 44.2 Å². The minimum atomic E-state index is -0.885. The van der Waals surface area contributed by atoms with Crippen LogP contribution >= 0.6 is 0 Å². The number of rotatable bonds is 5. The second kappa shape index (κ2) is 6.56. The lowest BCUT2D eigenvalue weighted by Crippen LogP contribution is -2.50. The third kappa shape index (κ3) is 2.96. The number of hydrogen-bond donors (Lipinski definition) is 1. The van der Waals surface area contributed by atoms with Crippen LogP contribution < -0.4 is 9.64 Å². The summed E-state index contributed by atoms with van der Waals surface area (Å²) < 4.78 is 6.31. The first-order valence-corrected chi connectivity index (χ1v) is 8.43. The molecule has 0 fully saturated rings. The molecule has 0 saturated carbocycles. The summed E-state index contributed by atoms with van der Waals surface area (Å²) in [7, 11) is 0. The molecule has 0 aliphatic carbocycles. The second-order valence-corrected chi connectivity index (χ2v) is 6.28. The van der Waals surface area contributed by atoms with Crippen molar-refractivity contribution in [3.63, 3.8) is 0 Å². The van der Waals surface area contributed by atoms with Crippen LogP contribution in [-0.2, 0) is 6.54 Å². The van der Waals surface area contributed by atoms with E-state index in [9.17, 15) is 9.90 Å². The van der Waals surface area contributed by atoms with Gasteiger partial charge in [0.1, 0.15) is 11.4 Å². The molecule has 0 bridgehead atoms. The van der Waals surface area contributed by atoms with E-state index in [1.165, 1.54) is 0 Å². The van der Waals surface area contributed by atoms with Crippen LogP contribution in [0.4, 0.5) is 5.69 Å². The number of para-hydroxylation sites is 2. The number of nitrogens with zero attached hydrogens (tertiary/aromatic N) is 1. The summed E-state index contributed by atoms with van der Waals surface area (Å²) in [5.41, 5.74) is 1.98. The van der Waals surface area contributed by atoms with Gasteiger partial charge >= 0.3 is 5.97 Å². The highest BCUT2D eigenvalue weighted by Gasteiger charge is 2.37. The van der Waals surface area contributed by atoms with Gasteiger partial charge in [-0.25, -0.2) is 4.79 Å². The highest BCUT2D eigenvalue weighted by Crippen LogP contribution is 2.40. The van der Waals surface area contributed by atoms with Crippen LogP contribution in [0.15, 0.2) is 48.5 Å². The molecule has 0 spiro atoms. The number of carbonyl (C=O) groups is 1. The molecule has 1 heterocycles. The number of anilines is 1. The van der Waals surface area contributed by atoms with Gasteiger partial charge in [0.2, 0.25) is 0 Å². The van der Waals surface area contributed by atoms with Gasteiger partial charge < -0.3 is 14.7 Å². The van der Waals surface area contributed by atoms with E-state index in [1.807, 2.05) is 36.4 Å². The van der Waals surface area contributed by atoms with Crippen molar-refractivity contribution >= 4 is 11.7 Å². The molecule has 24 heavy (non-hydrogen) atoms. The van der Waals surface area contributed by atoms with Gasteiger partial charge in [0, 0.05) is 6.54 Å². The number of carboxylic acids is 1. The molecule has 0 saturated heterocycles. The van der Waals surface area contributed by atoms with Crippen molar-refractivity contribution < 1.29 is 14.6 Å². The number of aromatic carboxylic acids is 1. The van der Waals surface area contributed by atoms with E-state index < -0.39 is 5.97 Å². The zero-order chi connectivity index (χ0) is 17.2. The molecule has 4 nitrogen and oxygen atoms in total. The van der Waals surface area contributed by atoms with E-state index in [-0.39, 0.29) is 5.60 Å². The Labute approximate surface area is 142 Å². The Bertz CT molecular complexity index is 737. The third-order valence-corrected chi connectivity index (χ3v) is 4.91. The maximum Gasteiger partial charge on any atom is 0.336 e. The lowest BCUT2D eigenvalue weighted by molar-refractivity contribution is 0.0570. The highest BCUT2D eigenvalue weighted by molar-refractivity contribution is 5.89. The summed E-state index contributed by atoms with van der Waals surface area (Å²) in [5, 5.41) is 9.44. The van der Waals surface area contributed by atoms with Gasteiger partial charge in [-0.2, -0.15) is 0 Å². The standard InChI is InChI=1S/C20H23NO3/c1-3-20(4-2)14-21(17-11-7-8-12-18(17)24-20)13-15-9-5-6-10-16(15)19(22)23/h5-12H,3-4,13-14H2,1-2H3,(H,22,23). The number of benzene rings is 2. The summed E-state index contributed by atoms with van der Waals surface area (Å²) >= 11 is 0. The maximum atomic E-state index is 11.5. The number of ether oxygens (including phenoxy) is 1. The molecule has 0 unspecified atom stereocenters. The molecular weight excluding hydrogens is 302 g/mol. The van der Waals surface area contributed by atoms with E-state index in [4.69, 9.17) is 4.74 Å². The van der Waals surface area contributed by atoms with Crippen LogP contribution in [-0.4, -0.2) is 23.2 Å². The molecule has 1 N–H and O–H groups in total. The van der Waals surface area contributed by atoms with Crippen molar-refractivity contribution in [3.05, 3.63) is 59.7 Å². The molecule has 3 rings (SSSR count). The summed E-state index contributed by atoms with van der Waals surface area (Å²) in [4.78, 5) is 13.7. The first-order valence-electron chi connectivity index (χ1n) is 8.43. The molecule has 1 aliphatic heterocycles. The van der Waals surface area contributed by atoms with Crippen molar-refractivity contribution in [1.29, 1.82) is 0 Å². The van der Waals surface area contributed by atoms with Crippen LogP contribution in [0.2, 0.25) is 0 Å². The fourth-order valence-electron chi connectivity index (χ4n) is 3.33. The normalized spacial score (nSPS) is 15.5. The van der Waals surface area contributed by atoms with Crippen molar-refractivity contribution in [2.24, 2.45) is 0 Å². The summed E-state index contributed by atoms with van der Waals surface area (Å²) in [6.07, 6.45) is 1.82. The zero-order valence-electron chi connectivity index (χ0n) is 14.2. The minimum absolute atomic E-state index is 0.230. The second-order valence-electron chi connectivity index (χ2n) is 6.28. The van der Waals surface area contributed by atoms with E-state index in [0.29, 0.717) is 12.1 Å². The molecule has 126 valence electrons. The summed E-state index contributed by atoms with van der Waals surface area (Å²) in [6, 6.07) is 15.2. The lowest BCUT2D eigenvalue weighted by atomic mass is 9.93. The molecule has 0 amide bonds. The van der Waals surface area contributed by atoms with Crippen molar-refractivity contribution in [2.45, 2.75) is 38.8 Å². The largest absolute Gasteiger partial charge is 0.483 e. The third-order valence-electron chi connectivity index (χ3n) is 4.91. The predicted molar refractivity (Wildman–Crippen MR) is 94.8 cm³/mol. The smallest absolute Gasteiger partial charge is 0.336 e. The zero-order valence-corrected chi connectivity index (χ0v) is 14.2. The molecule has 4 heteroatoms. The quantitative estimate of drug-likeness (QED) is 0.888. The van der Waals surface area contributed by atoms with Crippen LogP contribution in [0, 0.1) is 0 Å². The van der Waals surface area contributed by atoms with Crippen LogP contribution in [0.5, 0.6) is 5.75 Å². The Kier molecular flexibility index (Phi) is 4.47. The van der Waals surface area contributed by atoms with Crippen molar-refractivity contribution in [2.75, 3.05) is 11.4 Å². The summed E-state index contributed by atoms with van der Waals surface area (Å²) in [6.45, 7) is 5.59. The fourth-order valence-corrected chi connectivity index (χ4v) is 3.33. The average molecular weight is 325 g/mol. The molecule has 1 aliphatic rings. The molecule has 0 radical (unpaired) electrons. The van der Waals surface area contributed by atoms with E-state index in [2.05, 4.69) is 18.7 Å². The Balaban J connectivity index is 1.99. The van der Waals surface area contributed by atoms with Crippen LogP contribution in [0.3, 0.4) is 0 Å². The Morgan fingerprint density at radius 3 is 2.50 bits per heavy atom. The van der Waals surface area contributed by atoms with Crippen molar-refractivity contribution in [3.8, 4) is 5.75 Å². The van der Waals surface area contributed by atoms with E-state index in [1.54, 1.807) is 12.1 Å². The average Bonchev–Trinajstić information content (AvgIpc) is 2.61. The number of hydrogen-bond acceptors (Lipinski definition) is 3. The molecule has 2 aromatic rings. The van der Waals surface area contributed by atoms with Crippen LogP contribution in [0.25, 0.3) is 0 Å². The number of carboxylic acid groups (broad SMARTS) is 1. The predicted octanol–water partition coefficient (Wildman–Crippen LogP) is 4.34. The molecular formula is C20H23NO3. The Hall–Kier alpha value is -2.49. The number of fused-ring (bicyclic) bond motifs is 1. The molecule has 0 atom stereocenters. The Morgan fingerprint density at radius 1 is 1.12 bits per heavy atom. The summed E-state index contributed by atoms with van der Waals surface area (Å²) in [5.74, 6) is -0.00959. The topological polar surface area (TPSA) is 49.8 Å². The Morgan fingerprint density at radius 2 is 1.79 bits per heavy atom. The monoisotopic (exact) mass is 325 g/mol. The van der Waals surface area contributed by atoms with Gasteiger partial charge in [0.15, 0.2) is 0 Å². The van der Waals surface area contributed by atoms with Crippen LogP contribution in [0.1, 0.15) is 42.6 Å². The maximum absolute atomic E-state index is 11.5. The molecule has 0 aromatic heterocycles. The van der Waals surface area contributed by atoms with E-state index >= 15 is 0 Å². The first kappa shape index (κ1) is 16.4. The fraction of sp³-hybridized carbons (Fsp3) is 0.350. The van der Waals surface area contributed by atoms with Gasteiger partial charge in [-0.3, -0.25) is 0 Å². The van der Waals surface area contributed by atoms with E-state index in [0.717, 1.165) is 36.4 Å². The van der Waals surface area contributed by atoms with Crippen molar-refractivity contribution in [1.82, 2.24) is 0 Å². The highest BCUT2D eigenvalue weighted by atomic mass is 16.5. The SMILES string of the molecule is CCC1(CC)CN(Cc2ccccc2C(=O)O)c2ccccc2O1. The first-order chi connectivity index (χ1) is 11.6. The molecule has 2 aromatic carbocycles. The van der Waals surface area contributed by atoms with Gasteiger partial charge in [-0.15, -0.1) is 0 Å². The minimum Gasteiger partial charge on any atom is -0.483 e. The van der Waals surface area contributed by atoms with Gasteiger partial charge in [-0.05, 0) is 36.6 Å². The van der Waals surface area contributed by atoms with Gasteiger partial charge in [0.05, 0.1) is 17.8 Å².